The van der Waals surface area contributed by atoms with E-state index >= 15 is 0 Å². The standard InChI is InChI=1S/C30H30N2O5/c1-35-25-13-9-22(10-14-25)30-27(28(32-37-30)20-5-11-24(33)12-6-20)29(34)21-7-15-26(16-8-21)36-19-17-23-4-2-3-18-31-23/h5-16,23,31,33H,2-4,17-19H2,1H3. The number of methoxy groups -OCH3 is 1. The molecule has 0 saturated carbocycles. The van der Waals surface area contributed by atoms with Gasteiger partial charge in [-0.3, -0.25) is 4.79 Å². The van der Waals surface area contributed by atoms with Gasteiger partial charge in [-0.25, -0.2) is 0 Å². The van der Waals surface area contributed by atoms with Gasteiger partial charge < -0.3 is 24.4 Å². The fourth-order valence-corrected chi connectivity index (χ4v) is 4.59. The molecule has 1 unspecified atom stereocenters. The molecule has 0 amide bonds. The summed E-state index contributed by atoms with van der Waals surface area (Å²) in [5.74, 6) is 1.71. The number of phenols is 1. The van der Waals surface area contributed by atoms with E-state index in [0.717, 1.165) is 18.7 Å². The van der Waals surface area contributed by atoms with Crippen molar-refractivity contribution in [1.82, 2.24) is 10.5 Å². The molecule has 1 atom stereocenters. The van der Waals surface area contributed by atoms with Crippen molar-refractivity contribution in [3.8, 4) is 39.8 Å². The Kier molecular flexibility index (Phi) is 7.51. The minimum atomic E-state index is -0.215. The van der Waals surface area contributed by atoms with E-state index in [1.165, 1.54) is 19.3 Å². The minimum Gasteiger partial charge on any atom is -0.508 e. The molecule has 1 aliphatic heterocycles. The SMILES string of the molecule is COc1ccc(-c2onc(-c3ccc(O)cc3)c2C(=O)c2ccc(OCCC3CCCCN3)cc2)cc1. The lowest BCUT2D eigenvalue weighted by molar-refractivity contribution is 0.103. The van der Waals surface area contributed by atoms with E-state index in [2.05, 4.69) is 10.5 Å². The number of aromatic hydroxyl groups is 1. The Hall–Kier alpha value is -4.10. The molecule has 0 spiro atoms. The molecule has 1 aromatic heterocycles. The normalized spacial score (nSPS) is 15.3. The number of rotatable bonds is 9. The highest BCUT2D eigenvalue weighted by Gasteiger charge is 2.26. The van der Waals surface area contributed by atoms with Crippen LogP contribution in [0, 0.1) is 0 Å². The molecule has 1 aliphatic rings. The Balaban J connectivity index is 1.40. The van der Waals surface area contributed by atoms with Crippen molar-refractivity contribution >= 4 is 5.78 Å². The van der Waals surface area contributed by atoms with Gasteiger partial charge in [-0.2, -0.15) is 0 Å². The predicted molar refractivity (Wildman–Crippen MR) is 141 cm³/mol. The number of nitrogens with zero attached hydrogens (tertiary/aromatic N) is 1. The first-order valence-corrected chi connectivity index (χ1v) is 12.6. The van der Waals surface area contributed by atoms with E-state index in [0.29, 0.717) is 52.1 Å². The average Bonchev–Trinajstić information content (AvgIpc) is 3.39. The number of carbonyl (C=O) groups is 1. The van der Waals surface area contributed by atoms with Crippen LogP contribution in [0.15, 0.2) is 77.3 Å². The van der Waals surface area contributed by atoms with Crippen LogP contribution in [0.3, 0.4) is 0 Å². The van der Waals surface area contributed by atoms with Crippen molar-refractivity contribution in [1.29, 1.82) is 0 Å². The summed E-state index contributed by atoms with van der Waals surface area (Å²) >= 11 is 0. The van der Waals surface area contributed by atoms with Crippen LogP contribution in [0.4, 0.5) is 0 Å². The first-order valence-electron chi connectivity index (χ1n) is 12.6. The Morgan fingerprint density at radius 3 is 2.35 bits per heavy atom. The second-order valence-corrected chi connectivity index (χ2v) is 9.15. The number of piperidine rings is 1. The minimum absolute atomic E-state index is 0.130. The van der Waals surface area contributed by atoms with Gasteiger partial charge in [-0.15, -0.1) is 0 Å². The highest BCUT2D eigenvalue weighted by molar-refractivity contribution is 6.15. The van der Waals surface area contributed by atoms with Crippen LogP contribution in [-0.2, 0) is 0 Å². The molecule has 1 fully saturated rings. The summed E-state index contributed by atoms with van der Waals surface area (Å²) in [6.45, 7) is 1.71. The zero-order valence-electron chi connectivity index (χ0n) is 20.8. The van der Waals surface area contributed by atoms with Crippen LogP contribution in [0.1, 0.15) is 41.6 Å². The van der Waals surface area contributed by atoms with E-state index in [4.69, 9.17) is 14.0 Å². The van der Waals surface area contributed by atoms with Gasteiger partial charge in [0.05, 0.1) is 19.3 Å². The molecule has 0 radical (unpaired) electrons. The Labute approximate surface area is 216 Å². The molecule has 37 heavy (non-hydrogen) atoms. The molecule has 2 N–H and O–H groups in total. The van der Waals surface area contributed by atoms with E-state index < -0.39 is 0 Å². The maximum absolute atomic E-state index is 13.8. The van der Waals surface area contributed by atoms with Crippen molar-refractivity contribution < 1.29 is 23.9 Å². The van der Waals surface area contributed by atoms with Crippen LogP contribution >= 0.6 is 0 Å². The molecule has 5 rings (SSSR count). The number of ketones is 1. The van der Waals surface area contributed by atoms with Gasteiger partial charge in [0.15, 0.2) is 11.5 Å². The zero-order valence-corrected chi connectivity index (χ0v) is 20.8. The van der Waals surface area contributed by atoms with Crippen LogP contribution in [0.5, 0.6) is 17.2 Å². The Morgan fingerprint density at radius 1 is 0.973 bits per heavy atom. The van der Waals surface area contributed by atoms with Crippen molar-refractivity contribution in [3.05, 3.63) is 83.9 Å². The van der Waals surface area contributed by atoms with Gasteiger partial charge >= 0.3 is 0 Å². The lowest BCUT2D eigenvalue weighted by atomic mass is 9.95. The first kappa shape index (κ1) is 24.6. The largest absolute Gasteiger partial charge is 0.508 e. The summed E-state index contributed by atoms with van der Waals surface area (Å²) in [4.78, 5) is 13.8. The van der Waals surface area contributed by atoms with Crippen LogP contribution in [-0.4, -0.2) is 42.3 Å². The highest BCUT2D eigenvalue weighted by atomic mass is 16.5. The number of hydrogen-bond donors (Lipinski definition) is 2. The van der Waals surface area contributed by atoms with Crippen molar-refractivity contribution in [3.63, 3.8) is 0 Å². The number of aromatic nitrogens is 1. The van der Waals surface area contributed by atoms with Crippen molar-refractivity contribution in [2.75, 3.05) is 20.3 Å². The molecule has 1 saturated heterocycles. The quantitative estimate of drug-likeness (QED) is 0.279. The molecular formula is C30H30N2O5. The maximum Gasteiger partial charge on any atom is 0.199 e. The van der Waals surface area contributed by atoms with Gasteiger partial charge in [0.1, 0.15) is 22.9 Å². The number of benzene rings is 3. The van der Waals surface area contributed by atoms with Gasteiger partial charge in [0.2, 0.25) is 0 Å². The number of hydrogen-bond acceptors (Lipinski definition) is 7. The lowest BCUT2D eigenvalue weighted by Crippen LogP contribution is -2.35. The van der Waals surface area contributed by atoms with Crippen LogP contribution in [0.25, 0.3) is 22.6 Å². The van der Waals surface area contributed by atoms with Gasteiger partial charge in [-0.05, 0) is 98.6 Å². The summed E-state index contributed by atoms with van der Waals surface area (Å²) in [7, 11) is 1.60. The van der Waals surface area contributed by atoms with E-state index in [-0.39, 0.29) is 11.5 Å². The van der Waals surface area contributed by atoms with E-state index in [9.17, 15) is 9.90 Å². The molecular weight excluding hydrogens is 468 g/mol. The summed E-state index contributed by atoms with van der Waals surface area (Å²) in [5.41, 5.74) is 2.64. The van der Waals surface area contributed by atoms with Gasteiger partial charge in [0, 0.05) is 22.7 Å². The summed E-state index contributed by atoms with van der Waals surface area (Å²) in [6.07, 6.45) is 4.66. The molecule has 0 bridgehead atoms. The molecule has 7 heteroatoms. The topological polar surface area (TPSA) is 93.8 Å². The zero-order chi connectivity index (χ0) is 25.6. The second-order valence-electron chi connectivity index (χ2n) is 9.15. The maximum atomic E-state index is 13.8. The number of ether oxygens (including phenoxy) is 2. The fraction of sp³-hybridized carbons (Fsp3) is 0.267. The lowest BCUT2D eigenvalue weighted by Gasteiger charge is -2.23. The van der Waals surface area contributed by atoms with Crippen molar-refractivity contribution in [2.45, 2.75) is 31.7 Å². The van der Waals surface area contributed by atoms with Crippen LogP contribution in [0.2, 0.25) is 0 Å². The second kappa shape index (κ2) is 11.3. The molecule has 0 aliphatic carbocycles. The smallest absolute Gasteiger partial charge is 0.199 e. The third-order valence-corrected chi connectivity index (χ3v) is 6.68. The summed E-state index contributed by atoms with van der Waals surface area (Å²) in [5, 5.41) is 17.5. The number of carbonyl (C=O) groups excluding carboxylic acids is 1. The van der Waals surface area contributed by atoms with Crippen LogP contribution < -0.4 is 14.8 Å². The molecule has 7 nitrogen and oxygen atoms in total. The molecule has 2 heterocycles. The van der Waals surface area contributed by atoms with E-state index in [1.807, 2.05) is 24.3 Å². The monoisotopic (exact) mass is 498 g/mol. The number of phenolic OH excluding ortho intramolecular Hbond substituents is 1. The predicted octanol–water partition coefficient (Wildman–Crippen LogP) is 5.86. The fourth-order valence-electron chi connectivity index (χ4n) is 4.59. The molecule has 3 aromatic carbocycles. The third-order valence-electron chi connectivity index (χ3n) is 6.68. The molecule has 4 aromatic rings. The Bertz CT molecular complexity index is 1320. The Morgan fingerprint density at radius 2 is 1.68 bits per heavy atom. The van der Waals surface area contributed by atoms with Gasteiger partial charge in [0.25, 0.3) is 0 Å². The number of nitrogens with one attached hydrogen (secondary N) is 1. The summed E-state index contributed by atoms with van der Waals surface area (Å²) < 4.78 is 16.9. The summed E-state index contributed by atoms with van der Waals surface area (Å²) in [6, 6.07) is 21.5. The highest BCUT2D eigenvalue weighted by Crippen LogP contribution is 2.35. The van der Waals surface area contributed by atoms with Gasteiger partial charge in [-0.1, -0.05) is 11.6 Å². The molecule has 190 valence electrons. The third kappa shape index (κ3) is 5.67. The van der Waals surface area contributed by atoms with E-state index in [1.54, 1.807) is 55.6 Å². The average molecular weight is 499 g/mol. The van der Waals surface area contributed by atoms with Crippen molar-refractivity contribution in [2.24, 2.45) is 0 Å². The first-order chi connectivity index (χ1) is 18.1.